The Morgan fingerprint density at radius 2 is 2.23 bits per heavy atom. The zero-order valence-corrected chi connectivity index (χ0v) is 14.8. The molecule has 7 heteroatoms. The Morgan fingerprint density at radius 1 is 1.42 bits per heavy atom. The fourth-order valence-corrected chi connectivity index (χ4v) is 3.22. The van der Waals surface area contributed by atoms with E-state index in [1.54, 1.807) is 25.1 Å². The van der Waals surface area contributed by atoms with Gasteiger partial charge in [0.1, 0.15) is 11.5 Å². The molecule has 1 aromatic carbocycles. The van der Waals surface area contributed by atoms with Crippen molar-refractivity contribution in [2.75, 3.05) is 19.6 Å². The molecule has 1 unspecified atom stereocenters. The van der Waals surface area contributed by atoms with Crippen LogP contribution in [0.25, 0.3) is 5.69 Å². The smallest absolute Gasteiger partial charge is 0.275 e. The van der Waals surface area contributed by atoms with Crippen LogP contribution in [0.15, 0.2) is 35.1 Å². The quantitative estimate of drug-likeness (QED) is 0.855. The van der Waals surface area contributed by atoms with Crippen LogP contribution in [0.4, 0.5) is 4.39 Å². The summed E-state index contributed by atoms with van der Waals surface area (Å²) in [7, 11) is 0. The van der Waals surface area contributed by atoms with E-state index in [4.69, 9.17) is 0 Å². The lowest BCUT2D eigenvalue weighted by atomic mass is 9.96. The molecule has 1 fully saturated rings. The minimum absolute atomic E-state index is 0.201. The van der Waals surface area contributed by atoms with Gasteiger partial charge < -0.3 is 10.6 Å². The first-order valence-corrected chi connectivity index (χ1v) is 8.91. The number of para-hydroxylation sites is 1. The van der Waals surface area contributed by atoms with Gasteiger partial charge in [-0.15, -0.1) is 0 Å². The van der Waals surface area contributed by atoms with E-state index in [9.17, 15) is 14.0 Å². The number of aromatic nitrogens is 2. The Labute approximate surface area is 151 Å². The van der Waals surface area contributed by atoms with Crippen LogP contribution in [0.5, 0.6) is 0 Å². The lowest BCUT2D eigenvalue weighted by Gasteiger charge is -2.22. The van der Waals surface area contributed by atoms with Gasteiger partial charge in [0.15, 0.2) is 5.69 Å². The molecule has 3 rings (SSSR count). The fraction of sp³-hybridized carbons (Fsp3) is 0.421. The molecule has 26 heavy (non-hydrogen) atoms. The molecule has 1 aromatic heterocycles. The summed E-state index contributed by atoms with van der Waals surface area (Å²) < 4.78 is 15.3. The van der Waals surface area contributed by atoms with Crippen LogP contribution >= 0.6 is 0 Å². The second-order valence-corrected chi connectivity index (χ2v) is 6.62. The van der Waals surface area contributed by atoms with Crippen molar-refractivity contribution in [3.05, 3.63) is 57.8 Å². The molecule has 1 saturated heterocycles. The van der Waals surface area contributed by atoms with E-state index in [1.807, 2.05) is 0 Å². The van der Waals surface area contributed by atoms with E-state index < -0.39 is 17.2 Å². The highest BCUT2D eigenvalue weighted by atomic mass is 19.1. The van der Waals surface area contributed by atoms with E-state index in [0.29, 0.717) is 18.2 Å². The summed E-state index contributed by atoms with van der Waals surface area (Å²) in [4.78, 5) is 24.6. The normalized spacial score (nSPS) is 17.1. The SMILES string of the molecule is Cc1cc(=O)c(C(=O)NCCC2CCCNC2)nn1-c1ccccc1F. The van der Waals surface area contributed by atoms with Gasteiger partial charge in [-0.2, -0.15) is 5.10 Å². The highest BCUT2D eigenvalue weighted by Gasteiger charge is 2.17. The molecule has 0 radical (unpaired) electrons. The Kier molecular flexibility index (Phi) is 5.78. The predicted molar refractivity (Wildman–Crippen MR) is 97.1 cm³/mol. The van der Waals surface area contributed by atoms with Crippen molar-refractivity contribution in [1.82, 2.24) is 20.4 Å². The molecule has 0 bridgehead atoms. The minimum Gasteiger partial charge on any atom is -0.351 e. The maximum atomic E-state index is 14.1. The van der Waals surface area contributed by atoms with Gasteiger partial charge in [-0.3, -0.25) is 9.59 Å². The fourth-order valence-electron chi connectivity index (χ4n) is 3.22. The number of carbonyl (C=O) groups excluding carboxylic acids is 1. The molecule has 2 heterocycles. The lowest BCUT2D eigenvalue weighted by molar-refractivity contribution is 0.0942. The topological polar surface area (TPSA) is 76.0 Å². The van der Waals surface area contributed by atoms with Crippen molar-refractivity contribution in [2.24, 2.45) is 5.92 Å². The summed E-state index contributed by atoms with van der Waals surface area (Å²) in [6.45, 7) is 4.14. The van der Waals surface area contributed by atoms with E-state index in [1.165, 1.54) is 16.8 Å². The third-order valence-electron chi connectivity index (χ3n) is 4.64. The Hall–Kier alpha value is -2.54. The Bertz CT molecular complexity index is 844. The Balaban J connectivity index is 1.74. The number of hydrogen-bond acceptors (Lipinski definition) is 4. The van der Waals surface area contributed by atoms with Crippen molar-refractivity contribution >= 4 is 5.91 Å². The molecule has 1 aliphatic heterocycles. The number of carbonyl (C=O) groups is 1. The average Bonchev–Trinajstić information content (AvgIpc) is 2.63. The second kappa shape index (κ2) is 8.23. The molecule has 0 saturated carbocycles. The van der Waals surface area contributed by atoms with Crippen molar-refractivity contribution < 1.29 is 9.18 Å². The maximum Gasteiger partial charge on any atom is 0.275 e. The van der Waals surface area contributed by atoms with Gasteiger partial charge in [0.25, 0.3) is 5.91 Å². The van der Waals surface area contributed by atoms with E-state index in [0.717, 1.165) is 32.4 Å². The number of benzene rings is 1. The van der Waals surface area contributed by atoms with Gasteiger partial charge in [0, 0.05) is 18.3 Å². The van der Waals surface area contributed by atoms with Crippen LogP contribution in [0.3, 0.4) is 0 Å². The van der Waals surface area contributed by atoms with Crippen LogP contribution in [0.2, 0.25) is 0 Å². The zero-order valence-electron chi connectivity index (χ0n) is 14.8. The number of amides is 1. The van der Waals surface area contributed by atoms with Gasteiger partial charge in [-0.25, -0.2) is 9.07 Å². The Morgan fingerprint density at radius 3 is 2.96 bits per heavy atom. The first kappa shape index (κ1) is 18.3. The summed E-state index contributed by atoms with van der Waals surface area (Å²) in [5.41, 5.74) is -0.0233. The van der Waals surface area contributed by atoms with Crippen molar-refractivity contribution in [1.29, 1.82) is 0 Å². The van der Waals surface area contributed by atoms with Crippen LogP contribution < -0.4 is 16.1 Å². The minimum atomic E-state index is -0.524. The largest absolute Gasteiger partial charge is 0.351 e. The van der Waals surface area contributed by atoms with E-state index >= 15 is 0 Å². The number of nitrogens with one attached hydrogen (secondary N) is 2. The van der Waals surface area contributed by atoms with Gasteiger partial charge in [0.05, 0.1) is 0 Å². The molecule has 1 atom stereocenters. The standard InChI is InChI=1S/C19H23FN4O2/c1-13-11-17(25)18(23-24(13)16-7-3-2-6-15(16)20)19(26)22-10-8-14-5-4-9-21-12-14/h2-3,6-7,11,14,21H,4-5,8-10,12H2,1H3,(H,22,26). The zero-order chi connectivity index (χ0) is 18.5. The third-order valence-corrected chi connectivity index (χ3v) is 4.64. The first-order chi connectivity index (χ1) is 12.6. The van der Waals surface area contributed by atoms with Crippen LogP contribution in [0.1, 0.15) is 35.4 Å². The van der Waals surface area contributed by atoms with Crippen molar-refractivity contribution in [2.45, 2.75) is 26.2 Å². The van der Waals surface area contributed by atoms with E-state index in [-0.39, 0.29) is 11.4 Å². The van der Waals surface area contributed by atoms with Gasteiger partial charge >= 0.3 is 0 Å². The molecule has 138 valence electrons. The molecular weight excluding hydrogens is 335 g/mol. The number of halogens is 1. The number of aryl methyl sites for hydroxylation is 1. The van der Waals surface area contributed by atoms with Crippen molar-refractivity contribution in [3.63, 3.8) is 0 Å². The molecular formula is C19H23FN4O2. The highest BCUT2D eigenvalue weighted by Crippen LogP contribution is 2.14. The number of nitrogens with zero attached hydrogens (tertiary/aromatic N) is 2. The monoisotopic (exact) mass is 358 g/mol. The van der Waals surface area contributed by atoms with E-state index in [2.05, 4.69) is 15.7 Å². The first-order valence-electron chi connectivity index (χ1n) is 8.91. The second-order valence-electron chi connectivity index (χ2n) is 6.62. The van der Waals surface area contributed by atoms with Gasteiger partial charge in [0.2, 0.25) is 5.43 Å². The molecule has 0 aliphatic carbocycles. The highest BCUT2D eigenvalue weighted by molar-refractivity contribution is 5.92. The summed E-state index contributed by atoms with van der Waals surface area (Å²) in [5.74, 6) is -0.461. The summed E-state index contributed by atoms with van der Waals surface area (Å²) in [5, 5.41) is 10.2. The molecule has 6 nitrogen and oxygen atoms in total. The van der Waals surface area contributed by atoms with Crippen LogP contribution in [-0.4, -0.2) is 35.3 Å². The third kappa shape index (κ3) is 4.16. The summed E-state index contributed by atoms with van der Waals surface area (Å²) in [6.07, 6.45) is 3.14. The molecule has 2 aromatic rings. The van der Waals surface area contributed by atoms with Gasteiger partial charge in [-0.05, 0) is 57.3 Å². The van der Waals surface area contributed by atoms with Crippen LogP contribution in [-0.2, 0) is 0 Å². The number of rotatable bonds is 5. The average molecular weight is 358 g/mol. The van der Waals surface area contributed by atoms with Crippen molar-refractivity contribution in [3.8, 4) is 5.69 Å². The predicted octanol–water partition coefficient (Wildman–Crippen LogP) is 1.80. The maximum absolute atomic E-state index is 14.1. The molecule has 1 aliphatic rings. The number of hydrogen-bond donors (Lipinski definition) is 2. The summed E-state index contributed by atoms with van der Waals surface area (Å²) >= 11 is 0. The van der Waals surface area contributed by atoms with Gasteiger partial charge in [-0.1, -0.05) is 12.1 Å². The molecule has 1 amide bonds. The number of piperidine rings is 1. The van der Waals surface area contributed by atoms with Crippen LogP contribution in [0, 0.1) is 18.7 Å². The molecule has 0 spiro atoms. The lowest BCUT2D eigenvalue weighted by Crippen LogP contribution is -2.35. The molecule has 2 N–H and O–H groups in total. The summed E-state index contributed by atoms with van der Waals surface area (Å²) in [6, 6.07) is 7.42.